The van der Waals surface area contributed by atoms with E-state index in [0.717, 1.165) is 0 Å². The van der Waals surface area contributed by atoms with Crippen molar-refractivity contribution in [3.63, 3.8) is 0 Å². The molecule has 0 radical (unpaired) electrons. The van der Waals surface area contributed by atoms with Crippen molar-refractivity contribution in [2.75, 3.05) is 25.1 Å². The Hall–Kier alpha value is -1.48. The van der Waals surface area contributed by atoms with Gasteiger partial charge in [-0.2, -0.15) is 0 Å². The van der Waals surface area contributed by atoms with Crippen LogP contribution in [0.5, 0.6) is 0 Å². The van der Waals surface area contributed by atoms with E-state index in [2.05, 4.69) is 10.6 Å². The third-order valence-electron chi connectivity index (χ3n) is 2.83. The lowest BCUT2D eigenvalue weighted by Crippen LogP contribution is -2.48. The highest BCUT2D eigenvalue weighted by molar-refractivity contribution is 7.88. The van der Waals surface area contributed by atoms with Gasteiger partial charge in [0, 0.05) is 12.2 Å². The number of nitrogens with one attached hydrogen (secondary N) is 2. The summed E-state index contributed by atoms with van der Waals surface area (Å²) in [6, 6.07) is 6.15. The summed E-state index contributed by atoms with van der Waals surface area (Å²) < 4.78 is 27.1. The van der Waals surface area contributed by atoms with Gasteiger partial charge >= 0.3 is 0 Å². The van der Waals surface area contributed by atoms with Gasteiger partial charge in [0.15, 0.2) is 0 Å². The van der Waals surface area contributed by atoms with Gasteiger partial charge in [-0.05, 0) is 17.7 Å². The molecule has 1 fully saturated rings. The molecule has 0 aliphatic carbocycles. The molecule has 0 bridgehead atoms. The fourth-order valence-corrected chi connectivity index (χ4v) is 2.54. The largest absolute Gasteiger partial charge is 0.378 e. The Morgan fingerprint density at radius 2 is 2.10 bits per heavy atom. The molecule has 8 heteroatoms. The molecule has 1 heterocycles. The van der Waals surface area contributed by atoms with Gasteiger partial charge in [0.25, 0.3) is 0 Å². The summed E-state index contributed by atoms with van der Waals surface area (Å²) in [6.07, 6.45) is 0. The molecule has 1 aromatic carbocycles. The quantitative estimate of drug-likeness (QED) is 0.688. The summed E-state index contributed by atoms with van der Waals surface area (Å²) in [6.45, 7) is 1.59. The second-order valence-electron chi connectivity index (χ2n) is 4.57. The standard InChI is InChI=1S/C12H17N3O4S/c13-20(17,18)8-9-1-3-10(4-2-9)15-12(16)11-7-19-6-5-14-11/h1-4,11,14H,5-8H2,(H,15,16)(H2,13,17,18). The van der Waals surface area contributed by atoms with Gasteiger partial charge in [0.2, 0.25) is 15.9 Å². The third kappa shape index (κ3) is 4.57. The number of amides is 1. The van der Waals surface area contributed by atoms with Crippen molar-refractivity contribution < 1.29 is 17.9 Å². The molecule has 1 aliphatic rings. The molecule has 0 saturated carbocycles. The zero-order valence-electron chi connectivity index (χ0n) is 10.8. The highest BCUT2D eigenvalue weighted by Crippen LogP contribution is 2.12. The minimum atomic E-state index is -3.54. The number of ether oxygens (including phenoxy) is 1. The predicted molar refractivity (Wildman–Crippen MR) is 74.5 cm³/mol. The molecule has 0 spiro atoms. The van der Waals surface area contributed by atoms with Crippen LogP contribution in [-0.4, -0.2) is 40.1 Å². The molecular formula is C12H17N3O4S. The number of hydrogen-bond donors (Lipinski definition) is 3. The van der Waals surface area contributed by atoms with Gasteiger partial charge in [-0.15, -0.1) is 0 Å². The first kappa shape index (κ1) is 14.9. The van der Waals surface area contributed by atoms with E-state index in [1.165, 1.54) is 0 Å². The smallest absolute Gasteiger partial charge is 0.243 e. The van der Waals surface area contributed by atoms with Crippen LogP contribution in [0, 0.1) is 0 Å². The molecule has 1 unspecified atom stereocenters. The number of benzene rings is 1. The normalized spacial score (nSPS) is 19.6. The monoisotopic (exact) mass is 299 g/mol. The zero-order chi connectivity index (χ0) is 14.6. The third-order valence-corrected chi connectivity index (χ3v) is 3.56. The highest BCUT2D eigenvalue weighted by Gasteiger charge is 2.21. The van der Waals surface area contributed by atoms with E-state index in [4.69, 9.17) is 9.88 Å². The van der Waals surface area contributed by atoms with Gasteiger partial charge in [-0.25, -0.2) is 13.6 Å². The van der Waals surface area contributed by atoms with Crippen LogP contribution in [0.3, 0.4) is 0 Å². The van der Waals surface area contributed by atoms with Gasteiger partial charge in [0.1, 0.15) is 6.04 Å². The lowest BCUT2D eigenvalue weighted by atomic mass is 10.2. The number of nitrogens with two attached hydrogens (primary N) is 1. The molecule has 4 N–H and O–H groups in total. The number of sulfonamides is 1. The fraction of sp³-hybridized carbons (Fsp3) is 0.417. The number of carbonyl (C=O) groups is 1. The first-order valence-corrected chi connectivity index (χ1v) is 7.87. The Balaban J connectivity index is 1.94. The van der Waals surface area contributed by atoms with Gasteiger partial charge in [-0.3, -0.25) is 4.79 Å². The molecule has 1 saturated heterocycles. The van der Waals surface area contributed by atoms with Crippen LogP contribution in [0.15, 0.2) is 24.3 Å². The second kappa shape index (κ2) is 6.31. The first-order chi connectivity index (χ1) is 9.44. The molecule has 2 rings (SSSR count). The lowest BCUT2D eigenvalue weighted by molar-refractivity contribution is -0.120. The van der Waals surface area contributed by atoms with Crippen LogP contribution in [0.2, 0.25) is 0 Å². The average Bonchev–Trinajstić information content (AvgIpc) is 2.40. The Morgan fingerprint density at radius 1 is 1.40 bits per heavy atom. The molecule has 1 atom stereocenters. The van der Waals surface area contributed by atoms with Crippen molar-refractivity contribution >= 4 is 21.6 Å². The molecule has 1 aromatic rings. The van der Waals surface area contributed by atoms with E-state index in [0.29, 0.717) is 31.0 Å². The van der Waals surface area contributed by atoms with E-state index >= 15 is 0 Å². The lowest BCUT2D eigenvalue weighted by Gasteiger charge is -2.22. The molecule has 0 aromatic heterocycles. The van der Waals surface area contributed by atoms with Crippen molar-refractivity contribution in [1.82, 2.24) is 5.32 Å². The minimum Gasteiger partial charge on any atom is -0.378 e. The van der Waals surface area contributed by atoms with Crippen molar-refractivity contribution in [3.8, 4) is 0 Å². The van der Waals surface area contributed by atoms with Crippen molar-refractivity contribution in [3.05, 3.63) is 29.8 Å². The molecule has 1 amide bonds. The zero-order valence-corrected chi connectivity index (χ0v) is 11.7. The van der Waals surface area contributed by atoms with Gasteiger partial charge in [-0.1, -0.05) is 12.1 Å². The van der Waals surface area contributed by atoms with Crippen molar-refractivity contribution in [2.24, 2.45) is 5.14 Å². The van der Waals surface area contributed by atoms with Crippen LogP contribution in [0.1, 0.15) is 5.56 Å². The van der Waals surface area contributed by atoms with Gasteiger partial charge in [0.05, 0.1) is 19.0 Å². The van der Waals surface area contributed by atoms with E-state index in [-0.39, 0.29) is 17.7 Å². The summed E-state index contributed by atoms with van der Waals surface area (Å²) in [7, 11) is -3.54. The minimum absolute atomic E-state index is 0.177. The highest BCUT2D eigenvalue weighted by atomic mass is 32.2. The molecule has 20 heavy (non-hydrogen) atoms. The number of anilines is 1. The second-order valence-corrected chi connectivity index (χ2v) is 6.19. The SMILES string of the molecule is NS(=O)(=O)Cc1ccc(NC(=O)C2COCCN2)cc1. The topological polar surface area (TPSA) is 111 Å². The first-order valence-electron chi connectivity index (χ1n) is 6.15. The van der Waals surface area contributed by atoms with Crippen LogP contribution in [0.4, 0.5) is 5.69 Å². The Labute approximate surface area is 117 Å². The summed E-state index contributed by atoms with van der Waals surface area (Å²) in [5, 5.41) is 10.8. The summed E-state index contributed by atoms with van der Waals surface area (Å²) >= 11 is 0. The Kier molecular flexibility index (Phi) is 4.71. The van der Waals surface area contributed by atoms with E-state index in [9.17, 15) is 13.2 Å². The maximum absolute atomic E-state index is 11.9. The van der Waals surface area contributed by atoms with E-state index in [1.54, 1.807) is 24.3 Å². The predicted octanol–water partition coefficient (Wildman–Crippen LogP) is -0.598. The Morgan fingerprint density at radius 3 is 2.65 bits per heavy atom. The molecule has 110 valence electrons. The Bertz CT molecular complexity index is 565. The van der Waals surface area contributed by atoms with Crippen LogP contribution in [-0.2, 0) is 25.3 Å². The summed E-state index contributed by atoms with van der Waals surface area (Å²) in [5.74, 6) is -0.400. The summed E-state index contributed by atoms with van der Waals surface area (Å²) in [5.41, 5.74) is 1.17. The molecule has 7 nitrogen and oxygen atoms in total. The number of morpholine rings is 1. The number of carbonyl (C=O) groups excluding carboxylic acids is 1. The van der Waals surface area contributed by atoms with Crippen molar-refractivity contribution in [1.29, 1.82) is 0 Å². The van der Waals surface area contributed by atoms with Crippen molar-refractivity contribution in [2.45, 2.75) is 11.8 Å². The van der Waals surface area contributed by atoms with Gasteiger partial charge < -0.3 is 15.4 Å². The molecular weight excluding hydrogens is 282 g/mol. The fourth-order valence-electron chi connectivity index (χ4n) is 1.88. The number of primary sulfonamides is 1. The number of rotatable bonds is 4. The van der Waals surface area contributed by atoms with Crippen LogP contribution in [0.25, 0.3) is 0 Å². The van der Waals surface area contributed by atoms with E-state index < -0.39 is 10.0 Å². The van der Waals surface area contributed by atoms with Crippen LogP contribution < -0.4 is 15.8 Å². The summed E-state index contributed by atoms with van der Waals surface area (Å²) in [4.78, 5) is 11.9. The average molecular weight is 299 g/mol. The molecule has 1 aliphatic heterocycles. The van der Waals surface area contributed by atoms with Crippen LogP contribution >= 0.6 is 0 Å². The maximum atomic E-state index is 11.9. The van der Waals surface area contributed by atoms with E-state index in [1.807, 2.05) is 0 Å². The maximum Gasteiger partial charge on any atom is 0.243 e. The number of hydrogen-bond acceptors (Lipinski definition) is 5.